The summed E-state index contributed by atoms with van der Waals surface area (Å²) in [5.41, 5.74) is 3.03. The highest BCUT2D eigenvalue weighted by atomic mass is 32.2. The molecule has 7 nitrogen and oxygen atoms in total. The van der Waals surface area contributed by atoms with Gasteiger partial charge in [0.15, 0.2) is 15.6 Å². The van der Waals surface area contributed by atoms with Gasteiger partial charge in [-0.2, -0.15) is 10.4 Å². The van der Waals surface area contributed by atoms with E-state index in [0.717, 1.165) is 17.4 Å². The van der Waals surface area contributed by atoms with Crippen LogP contribution in [0.3, 0.4) is 0 Å². The zero-order chi connectivity index (χ0) is 19.6. The third-order valence-electron chi connectivity index (χ3n) is 3.93. The Labute approximate surface area is 153 Å². The van der Waals surface area contributed by atoms with Crippen molar-refractivity contribution in [3.8, 4) is 17.6 Å². The molecule has 1 N–H and O–H groups in total. The minimum atomic E-state index is -3.34. The van der Waals surface area contributed by atoms with Crippen molar-refractivity contribution < 1.29 is 18.3 Å². The predicted molar refractivity (Wildman–Crippen MR) is 97.8 cm³/mol. The fourth-order valence-corrected chi connectivity index (χ4v) is 3.41. The second-order valence-corrected chi connectivity index (χ2v) is 8.78. The van der Waals surface area contributed by atoms with Gasteiger partial charge in [-0.15, -0.1) is 0 Å². The maximum absolute atomic E-state index is 11.7. The van der Waals surface area contributed by atoms with Crippen molar-refractivity contribution in [3.05, 3.63) is 40.2 Å². The maximum atomic E-state index is 11.7. The van der Waals surface area contributed by atoms with Crippen LogP contribution in [-0.2, 0) is 22.3 Å². The molecule has 1 aromatic heterocycles. The SMILES string of the molecule is Cc1cc(Oc2c(C(C)C)nn(CS(C)(=O)=O)c2CO)cc(C)c1C#N. The molecule has 0 atom stereocenters. The zero-order valence-corrected chi connectivity index (χ0v) is 16.4. The summed E-state index contributed by atoms with van der Waals surface area (Å²) < 4.78 is 30.6. The van der Waals surface area contributed by atoms with E-state index in [4.69, 9.17) is 4.74 Å². The van der Waals surface area contributed by atoms with E-state index in [1.807, 2.05) is 27.7 Å². The van der Waals surface area contributed by atoms with Gasteiger partial charge in [-0.3, -0.25) is 0 Å². The molecule has 26 heavy (non-hydrogen) atoms. The summed E-state index contributed by atoms with van der Waals surface area (Å²) in [6.07, 6.45) is 1.11. The lowest BCUT2D eigenvalue weighted by Crippen LogP contribution is -2.13. The highest BCUT2D eigenvalue weighted by Gasteiger charge is 2.23. The van der Waals surface area contributed by atoms with Crippen LogP contribution in [0.5, 0.6) is 11.5 Å². The third-order valence-corrected chi connectivity index (χ3v) is 4.64. The number of nitriles is 1. The highest BCUT2D eigenvalue weighted by molar-refractivity contribution is 7.89. The molecule has 1 heterocycles. The summed E-state index contributed by atoms with van der Waals surface area (Å²) in [5, 5.41) is 23.3. The molecule has 0 radical (unpaired) electrons. The number of sulfone groups is 1. The molecule has 0 spiro atoms. The summed E-state index contributed by atoms with van der Waals surface area (Å²) in [7, 11) is -3.34. The van der Waals surface area contributed by atoms with E-state index in [-0.39, 0.29) is 11.8 Å². The molecular formula is C18H23N3O4S. The number of aliphatic hydroxyl groups excluding tert-OH is 1. The van der Waals surface area contributed by atoms with Crippen LogP contribution in [0, 0.1) is 25.2 Å². The number of hydrogen-bond donors (Lipinski definition) is 1. The Bertz CT molecular complexity index is 946. The number of hydrogen-bond acceptors (Lipinski definition) is 6. The Balaban J connectivity index is 2.57. The van der Waals surface area contributed by atoms with E-state index in [1.54, 1.807) is 12.1 Å². The van der Waals surface area contributed by atoms with Crippen LogP contribution in [0.15, 0.2) is 12.1 Å². The van der Waals surface area contributed by atoms with Crippen LogP contribution < -0.4 is 4.74 Å². The van der Waals surface area contributed by atoms with Crippen molar-refractivity contribution in [2.45, 2.75) is 46.1 Å². The average molecular weight is 377 g/mol. The molecule has 0 bridgehead atoms. The van der Waals surface area contributed by atoms with Crippen LogP contribution in [-0.4, -0.2) is 29.6 Å². The summed E-state index contributed by atoms with van der Waals surface area (Å²) in [5.74, 6) is 0.498. The summed E-state index contributed by atoms with van der Waals surface area (Å²) in [4.78, 5) is 0. The van der Waals surface area contributed by atoms with Gasteiger partial charge in [-0.25, -0.2) is 13.1 Å². The molecule has 2 aromatic rings. The lowest BCUT2D eigenvalue weighted by Gasteiger charge is -2.12. The third kappa shape index (κ3) is 4.23. The molecule has 0 saturated heterocycles. The van der Waals surface area contributed by atoms with Gasteiger partial charge in [0.05, 0.1) is 18.2 Å². The number of aromatic nitrogens is 2. The van der Waals surface area contributed by atoms with Crippen LogP contribution in [0.25, 0.3) is 0 Å². The minimum Gasteiger partial charge on any atom is -0.453 e. The molecular weight excluding hydrogens is 354 g/mol. The van der Waals surface area contributed by atoms with Crippen LogP contribution in [0.4, 0.5) is 0 Å². The van der Waals surface area contributed by atoms with Gasteiger partial charge in [0.2, 0.25) is 0 Å². The van der Waals surface area contributed by atoms with E-state index < -0.39 is 16.4 Å². The molecule has 0 aliphatic rings. The predicted octanol–water partition coefficient (Wildman–Crippen LogP) is 2.78. The lowest BCUT2D eigenvalue weighted by molar-refractivity contribution is 0.264. The maximum Gasteiger partial charge on any atom is 0.174 e. The average Bonchev–Trinajstić information content (AvgIpc) is 2.82. The molecule has 0 fully saturated rings. The van der Waals surface area contributed by atoms with E-state index in [9.17, 15) is 18.8 Å². The number of aliphatic hydroxyl groups is 1. The number of ether oxygens (including phenoxy) is 1. The fraction of sp³-hybridized carbons (Fsp3) is 0.444. The fourth-order valence-electron chi connectivity index (χ4n) is 2.75. The Morgan fingerprint density at radius 3 is 2.31 bits per heavy atom. The van der Waals surface area contributed by atoms with E-state index in [2.05, 4.69) is 11.2 Å². The molecule has 0 aliphatic carbocycles. The molecule has 140 valence electrons. The molecule has 0 amide bonds. The van der Waals surface area contributed by atoms with Crippen molar-refractivity contribution in [2.75, 3.05) is 6.26 Å². The largest absolute Gasteiger partial charge is 0.453 e. The number of rotatable bonds is 6. The van der Waals surface area contributed by atoms with Gasteiger partial charge in [0.1, 0.15) is 23.0 Å². The van der Waals surface area contributed by atoms with Crippen molar-refractivity contribution in [2.24, 2.45) is 0 Å². The number of benzene rings is 1. The quantitative estimate of drug-likeness (QED) is 0.830. The monoisotopic (exact) mass is 377 g/mol. The van der Waals surface area contributed by atoms with Crippen LogP contribution in [0.2, 0.25) is 0 Å². The highest BCUT2D eigenvalue weighted by Crippen LogP contribution is 2.35. The Morgan fingerprint density at radius 2 is 1.88 bits per heavy atom. The van der Waals surface area contributed by atoms with Gasteiger partial charge in [-0.05, 0) is 37.1 Å². The van der Waals surface area contributed by atoms with Gasteiger partial charge in [0.25, 0.3) is 0 Å². The zero-order valence-electron chi connectivity index (χ0n) is 15.6. The first kappa shape index (κ1) is 19.9. The second kappa shape index (κ2) is 7.48. The summed E-state index contributed by atoms with van der Waals surface area (Å²) >= 11 is 0. The van der Waals surface area contributed by atoms with Crippen LogP contribution >= 0.6 is 0 Å². The number of aryl methyl sites for hydroxylation is 2. The summed E-state index contributed by atoms with van der Waals surface area (Å²) in [6.45, 7) is 7.06. The lowest BCUT2D eigenvalue weighted by atomic mass is 10.0. The van der Waals surface area contributed by atoms with Crippen LogP contribution in [0.1, 0.15) is 47.8 Å². The molecule has 0 saturated carbocycles. The minimum absolute atomic E-state index is 0.0308. The van der Waals surface area contributed by atoms with Gasteiger partial charge < -0.3 is 9.84 Å². The van der Waals surface area contributed by atoms with Crippen molar-refractivity contribution in [1.29, 1.82) is 5.26 Å². The molecule has 8 heteroatoms. The second-order valence-electron chi connectivity index (χ2n) is 6.67. The first-order valence-electron chi connectivity index (χ1n) is 8.14. The smallest absolute Gasteiger partial charge is 0.174 e. The van der Waals surface area contributed by atoms with Crippen molar-refractivity contribution in [1.82, 2.24) is 9.78 Å². The van der Waals surface area contributed by atoms with E-state index in [1.165, 1.54) is 4.68 Å². The Kier molecular flexibility index (Phi) is 5.74. The first-order chi connectivity index (χ1) is 12.1. The van der Waals surface area contributed by atoms with Gasteiger partial charge in [-0.1, -0.05) is 13.8 Å². The van der Waals surface area contributed by atoms with Gasteiger partial charge >= 0.3 is 0 Å². The summed E-state index contributed by atoms with van der Waals surface area (Å²) in [6, 6.07) is 5.64. The number of nitrogens with zero attached hydrogens (tertiary/aromatic N) is 3. The van der Waals surface area contributed by atoms with Crippen molar-refractivity contribution >= 4 is 9.84 Å². The van der Waals surface area contributed by atoms with Gasteiger partial charge in [0, 0.05) is 12.2 Å². The molecule has 2 rings (SSSR count). The molecule has 0 unspecified atom stereocenters. The molecule has 0 aliphatic heterocycles. The standard InChI is InChI=1S/C18H23N3O4S/c1-11(2)17-18(16(9-22)21(20-17)10-26(5,23)24)25-14-6-12(3)15(8-19)13(4)7-14/h6-7,11,22H,9-10H2,1-5H3. The van der Waals surface area contributed by atoms with E-state index in [0.29, 0.717) is 28.5 Å². The Hall–Kier alpha value is -2.37. The normalized spacial score (nSPS) is 11.6. The topological polar surface area (TPSA) is 105 Å². The first-order valence-corrected chi connectivity index (χ1v) is 10.2. The molecule has 1 aromatic carbocycles. The van der Waals surface area contributed by atoms with E-state index >= 15 is 0 Å². The van der Waals surface area contributed by atoms with Crippen molar-refractivity contribution in [3.63, 3.8) is 0 Å². The Morgan fingerprint density at radius 1 is 1.31 bits per heavy atom.